The molecular weight excluding hydrogens is 290 g/mol. The van der Waals surface area contributed by atoms with Crippen LogP contribution >= 0.6 is 11.6 Å². The van der Waals surface area contributed by atoms with E-state index in [1.165, 1.54) is 0 Å². The smallest absolute Gasteiger partial charge is 0.231 e. The predicted octanol–water partition coefficient (Wildman–Crippen LogP) is 3.97. The maximum Gasteiger partial charge on any atom is 0.231 e. The Bertz CT molecular complexity index is 645. The van der Waals surface area contributed by atoms with E-state index in [0.29, 0.717) is 23.1 Å². The van der Waals surface area contributed by atoms with Crippen LogP contribution in [0.3, 0.4) is 0 Å². The molecule has 1 N–H and O–H groups in total. The van der Waals surface area contributed by atoms with E-state index >= 15 is 0 Å². The second-order valence-corrected chi connectivity index (χ2v) is 5.09. The Morgan fingerprint density at radius 2 is 2.00 bits per heavy atom. The van der Waals surface area contributed by atoms with Gasteiger partial charge >= 0.3 is 0 Å². The molecule has 21 heavy (non-hydrogen) atoms. The number of halogens is 1. The molecule has 0 aliphatic carbocycles. The maximum absolute atomic E-state index is 6.06. The summed E-state index contributed by atoms with van der Waals surface area (Å²) in [5, 5.41) is 3.97. The lowest BCUT2D eigenvalue weighted by atomic mass is 10.2. The summed E-state index contributed by atoms with van der Waals surface area (Å²) in [5.41, 5.74) is 1.02. The van der Waals surface area contributed by atoms with Crippen molar-refractivity contribution in [3.05, 3.63) is 47.0 Å². The fourth-order valence-electron chi connectivity index (χ4n) is 2.11. The molecule has 1 aliphatic heterocycles. The lowest BCUT2D eigenvalue weighted by molar-refractivity contribution is 0.174. The van der Waals surface area contributed by atoms with E-state index in [1.54, 1.807) is 0 Å². The first-order valence-corrected chi connectivity index (χ1v) is 7.20. The average molecular weight is 306 g/mol. The first kappa shape index (κ1) is 14.0. The van der Waals surface area contributed by atoms with Crippen LogP contribution in [0.1, 0.15) is 12.5 Å². The Hall–Kier alpha value is -1.91. The Kier molecular flexibility index (Phi) is 4.18. The van der Waals surface area contributed by atoms with Gasteiger partial charge in [-0.2, -0.15) is 0 Å². The molecule has 1 heterocycles. The zero-order chi connectivity index (χ0) is 14.7. The van der Waals surface area contributed by atoms with Gasteiger partial charge in [0.05, 0.1) is 0 Å². The highest BCUT2D eigenvalue weighted by Gasteiger charge is 2.14. The van der Waals surface area contributed by atoms with Gasteiger partial charge < -0.3 is 19.5 Å². The second kappa shape index (κ2) is 6.24. The van der Waals surface area contributed by atoms with Crippen LogP contribution in [-0.2, 0) is 6.54 Å². The van der Waals surface area contributed by atoms with Gasteiger partial charge in [0.1, 0.15) is 11.5 Å². The molecule has 0 amide bonds. The third kappa shape index (κ3) is 3.23. The van der Waals surface area contributed by atoms with Gasteiger partial charge in [0.2, 0.25) is 6.79 Å². The molecule has 0 unspecified atom stereocenters. The van der Waals surface area contributed by atoms with Crippen LogP contribution in [0.2, 0.25) is 5.02 Å². The lowest BCUT2D eigenvalue weighted by Crippen LogP contribution is -2.12. The van der Waals surface area contributed by atoms with Gasteiger partial charge in [0, 0.05) is 23.2 Å². The maximum atomic E-state index is 6.06. The molecule has 1 aliphatic rings. The van der Waals surface area contributed by atoms with Crippen molar-refractivity contribution in [3.63, 3.8) is 0 Å². The fraction of sp³-hybridized carbons (Fsp3) is 0.250. The number of fused-ring (bicyclic) bond motifs is 1. The first-order chi connectivity index (χ1) is 10.3. The molecule has 0 saturated heterocycles. The van der Waals surface area contributed by atoms with Crippen LogP contribution in [0.15, 0.2) is 36.4 Å². The highest BCUT2D eigenvalue weighted by Crippen LogP contribution is 2.37. The minimum absolute atomic E-state index is 0.255. The van der Waals surface area contributed by atoms with Gasteiger partial charge in [0.25, 0.3) is 0 Å². The molecular formula is C16H16ClNO3. The zero-order valence-electron chi connectivity index (χ0n) is 11.7. The van der Waals surface area contributed by atoms with Crippen molar-refractivity contribution >= 4 is 11.6 Å². The van der Waals surface area contributed by atoms with Crippen LogP contribution in [0.4, 0.5) is 0 Å². The fourth-order valence-corrected chi connectivity index (χ4v) is 2.31. The van der Waals surface area contributed by atoms with Crippen LogP contribution in [0.5, 0.6) is 23.0 Å². The summed E-state index contributed by atoms with van der Waals surface area (Å²) in [5.74, 6) is 2.93. The molecule has 3 rings (SSSR count). The van der Waals surface area contributed by atoms with E-state index in [0.717, 1.165) is 23.6 Å². The van der Waals surface area contributed by atoms with Crippen LogP contribution < -0.4 is 19.5 Å². The average Bonchev–Trinajstić information content (AvgIpc) is 2.95. The molecule has 0 saturated carbocycles. The molecule has 110 valence electrons. The molecule has 2 aromatic carbocycles. The van der Waals surface area contributed by atoms with Crippen molar-refractivity contribution in [2.24, 2.45) is 0 Å². The minimum Gasteiger partial charge on any atom is -0.457 e. The standard InChI is InChI=1S/C16H16ClNO3/c1-2-18-9-11-7-12(17)3-5-14(11)21-13-4-6-15-16(8-13)20-10-19-15/h3-8,18H,2,9-10H2,1H3. The van der Waals surface area contributed by atoms with Gasteiger partial charge in [-0.15, -0.1) is 0 Å². The summed E-state index contributed by atoms with van der Waals surface area (Å²) in [6.45, 7) is 3.90. The van der Waals surface area contributed by atoms with E-state index in [9.17, 15) is 0 Å². The van der Waals surface area contributed by atoms with Crippen molar-refractivity contribution < 1.29 is 14.2 Å². The van der Waals surface area contributed by atoms with E-state index in [4.69, 9.17) is 25.8 Å². The summed E-state index contributed by atoms with van der Waals surface area (Å²) in [6, 6.07) is 11.1. The predicted molar refractivity (Wildman–Crippen MR) is 81.5 cm³/mol. The van der Waals surface area contributed by atoms with Gasteiger partial charge in [0.15, 0.2) is 11.5 Å². The molecule has 0 atom stereocenters. The number of rotatable bonds is 5. The molecule has 0 fully saturated rings. The molecule has 0 bridgehead atoms. The number of nitrogens with one attached hydrogen (secondary N) is 1. The molecule has 5 heteroatoms. The third-order valence-electron chi connectivity index (χ3n) is 3.16. The van der Waals surface area contributed by atoms with Gasteiger partial charge in [-0.05, 0) is 36.9 Å². The first-order valence-electron chi connectivity index (χ1n) is 6.83. The molecule has 2 aromatic rings. The summed E-state index contributed by atoms with van der Waals surface area (Å²) in [4.78, 5) is 0. The minimum atomic E-state index is 0.255. The van der Waals surface area contributed by atoms with Crippen LogP contribution in [-0.4, -0.2) is 13.3 Å². The number of ether oxygens (including phenoxy) is 3. The number of hydrogen-bond donors (Lipinski definition) is 1. The monoisotopic (exact) mass is 305 g/mol. The van der Waals surface area contributed by atoms with Crippen molar-refractivity contribution in [1.29, 1.82) is 0 Å². The molecule has 4 nitrogen and oxygen atoms in total. The van der Waals surface area contributed by atoms with E-state index in [-0.39, 0.29) is 6.79 Å². The van der Waals surface area contributed by atoms with Crippen molar-refractivity contribution in [3.8, 4) is 23.0 Å². The Morgan fingerprint density at radius 1 is 1.14 bits per heavy atom. The van der Waals surface area contributed by atoms with Gasteiger partial charge in [-0.25, -0.2) is 0 Å². The highest BCUT2D eigenvalue weighted by atomic mass is 35.5. The molecule has 0 spiro atoms. The zero-order valence-corrected chi connectivity index (χ0v) is 12.4. The topological polar surface area (TPSA) is 39.7 Å². The molecule has 0 aromatic heterocycles. The largest absolute Gasteiger partial charge is 0.457 e. The summed E-state index contributed by atoms with van der Waals surface area (Å²) in [6.07, 6.45) is 0. The normalized spacial score (nSPS) is 12.5. The molecule has 0 radical (unpaired) electrons. The number of benzene rings is 2. The Labute approximate surface area is 128 Å². The third-order valence-corrected chi connectivity index (χ3v) is 3.39. The van der Waals surface area contributed by atoms with E-state index < -0.39 is 0 Å². The highest BCUT2D eigenvalue weighted by molar-refractivity contribution is 6.30. The lowest BCUT2D eigenvalue weighted by Gasteiger charge is -2.12. The summed E-state index contributed by atoms with van der Waals surface area (Å²) in [7, 11) is 0. The van der Waals surface area contributed by atoms with Gasteiger partial charge in [-0.1, -0.05) is 18.5 Å². The van der Waals surface area contributed by atoms with Crippen molar-refractivity contribution in [2.45, 2.75) is 13.5 Å². The second-order valence-electron chi connectivity index (χ2n) is 4.65. The van der Waals surface area contributed by atoms with Crippen LogP contribution in [0.25, 0.3) is 0 Å². The SMILES string of the molecule is CCNCc1cc(Cl)ccc1Oc1ccc2c(c1)OCO2. The Morgan fingerprint density at radius 3 is 2.86 bits per heavy atom. The number of hydrogen-bond acceptors (Lipinski definition) is 4. The summed E-state index contributed by atoms with van der Waals surface area (Å²) < 4.78 is 16.6. The van der Waals surface area contributed by atoms with Gasteiger partial charge in [-0.3, -0.25) is 0 Å². The van der Waals surface area contributed by atoms with Crippen LogP contribution in [0, 0.1) is 0 Å². The summed E-state index contributed by atoms with van der Waals surface area (Å²) >= 11 is 6.06. The van der Waals surface area contributed by atoms with Crippen molar-refractivity contribution in [2.75, 3.05) is 13.3 Å². The van der Waals surface area contributed by atoms with E-state index in [2.05, 4.69) is 12.2 Å². The Balaban J connectivity index is 1.83. The quantitative estimate of drug-likeness (QED) is 0.907. The van der Waals surface area contributed by atoms with E-state index in [1.807, 2.05) is 36.4 Å². The van der Waals surface area contributed by atoms with Crippen molar-refractivity contribution in [1.82, 2.24) is 5.32 Å².